The van der Waals surface area contributed by atoms with Gasteiger partial charge < -0.3 is 25.0 Å². The van der Waals surface area contributed by atoms with E-state index in [0.717, 1.165) is 55.7 Å². The molecule has 0 amide bonds. The fourth-order valence-electron chi connectivity index (χ4n) is 3.54. The number of methoxy groups -OCH3 is 2. The van der Waals surface area contributed by atoms with Gasteiger partial charge in [0.05, 0.1) is 14.2 Å². The topological polar surface area (TPSA) is 61.4 Å². The van der Waals surface area contributed by atoms with E-state index in [0.29, 0.717) is 18.5 Å². The Morgan fingerprint density at radius 3 is 2.39 bits per heavy atom. The highest BCUT2D eigenvalue weighted by Crippen LogP contribution is 2.24. The van der Waals surface area contributed by atoms with Gasteiger partial charge in [-0.05, 0) is 25.1 Å². The molecule has 1 fully saturated rings. The number of hydrogen-bond donors (Lipinski definition) is 2. The van der Waals surface area contributed by atoms with Crippen LogP contribution in [0.1, 0.15) is 19.4 Å². The van der Waals surface area contributed by atoms with Crippen molar-refractivity contribution < 1.29 is 9.47 Å². The molecule has 0 aromatic heterocycles. The van der Waals surface area contributed by atoms with Crippen LogP contribution in [0, 0.1) is 5.92 Å². The van der Waals surface area contributed by atoms with E-state index in [1.54, 1.807) is 21.3 Å². The number of benzene rings is 1. The summed E-state index contributed by atoms with van der Waals surface area (Å²) in [6, 6.07) is 6.34. The van der Waals surface area contributed by atoms with Gasteiger partial charge in [0.25, 0.3) is 0 Å². The van der Waals surface area contributed by atoms with E-state index in [1.807, 2.05) is 18.2 Å². The summed E-state index contributed by atoms with van der Waals surface area (Å²) in [5, 5.41) is 6.90. The summed E-state index contributed by atoms with van der Waals surface area (Å²) in [6.07, 6.45) is 0. The molecule has 1 aliphatic heterocycles. The van der Waals surface area contributed by atoms with Crippen molar-refractivity contribution in [2.24, 2.45) is 10.9 Å². The second-order valence-corrected chi connectivity index (χ2v) is 7.64. The van der Waals surface area contributed by atoms with Crippen LogP contribution in [0.3, 0.4) is 0 Å². The molecule has 0 bridgehead atoms. The largest absolute Gasteiger partial charge is 0.497 e. The van der Waals surface area contributed by atoms with Crippen molar-refractivity contribution >= 4 is 5.96 Å². The Kier molecular flexibility index (Phi) is 8.86. The van der Waals surface area contributed by atoms with Crippen molar-refractivity contribution in [3.63, 3.8) is 0 Å². The van der Waals surface area contributed by atoms with Crippen LogP contribution in [0.15, 0.2) is 23.2 Å². The maximum Gasteiger partial charge on any atom is 0.191 e. The number of piperazine rings is 1. The van der Waals surface area contributed by atoms with E-state index in [4.69, 9.17) is 9.47 Å². The first-order valence-corrected chi connectivity index (χ1v) is 10.1. The molecule has 7 heteroatoms. The van der Waals surface area contributed by atoms with Gasteiger partial charge in [0.1, 0.15) is 11.5 Å². The molecule has 2 N–H and O–H groups in total. The highest BCUT2D eigenvalue weighted by atomic mass is 16.5. The summed E-state index contributed by atoms with van der Waals surface area (Å²) in [7, 11) is 7.33. The highest BCUT2D eigenvalue weighted by Gasteiger charge is 2.25. The zero-order valence-corrected chi connectivity index (χ0v) is 18.3. The Labute approximate surface area is 170 Å². The fourth-order valence-corrected chi connectivity index (χ4v) is 3.54. The zero-order chi connectivity index (χ0) is 20.5. The molecule has 0 radical (unpaired) electrons. The highest BCUT2D eigenvalue weighted by molar-refractivity contribution is 5.79. The number of hydrogen-bond acceptors (Lipinski definition) is 5. The summed E-state index contributed by atoms with van der Waals surface area (Å²) in [6.45, 7) is 10.6. The van der Waals surface area contributed by atoms with Crippen molar-refractivity contribution in [1.29, 1.82) is 0 Å². The number of rotatable bonds is 8. The maximum absolute atomic E-state index is 5.48. The van der Waals surface area contributed by atoms with Crippen LogP contribution < -0.4 is 20.1 Å². The Morgan fingerprint density at radius 1 is 1.11 bits per heavy atom. The number of likely N-dealkylation sites (N-methyl/N-ethyl adjacent to an activating group) is 1. The molecule has 0 aliphatic carbocycles. The van der Waals surface area contributed by atoms with E-state index < -0.39 is 0 Å². The van der Waals surface area contributed by atoms with Crippen molar-refractivity contribution in [2.45, 2.75) is 26.4 Å². The standard InChI is InChI=1S/C21H37N5O2/c1-16(2)19(26-11-9-25(4)10-12-26)15-24-21(22-3)23-14-17-7-8-18(27-5)13-20(17)28-6/h7-8,13,16,19H,9-12,14-15H2,1-6H3,(H2,22,23,24). The predicted molar refractivity (Wildman–Crippen MR) is 115 cm³/mol. The molecule has 1 saturated heterocycles. The van der Waals surface area contributed by atoms with Gasteiger partial charge in [-0.3, -0.25) is 9.89 Å². The van der Waals surface area contributed by atoms with Gasteiger partial charge in [-0.2, -0.15) is 0 Å². The van der Waals surface area contributed by atoms with E-state index >= 15 is 0 Å². The molecule has 1 atom stereocenters. The summed E-state index contributed by atoms with van der Waals surface area (Å²) in [5.41, 5.74) is 1.06. The van der Waals surface area contributed by atoms with E-state index in [1.165, 1.54) is 0 Å². The Morgan fingerprint density at radius 2 is 1.82 bits per heavy atom. The average Bonchev–Trinajstić information content (AvgIpc) is 2.71. The van der Waals surface area contributed by atoms with Crippen molar-refractivity contribution in [3.8, 4) is 11.5 Å². The molecule has 0 saturated carbocycles. The molecule has 158 valence electrons. The van der Waals surface area contributed by atoms with Crippen LogP contribution in [-0.2, 0) is 6.54 Å². The van der Waals surface area contributed by atoms with Gasteiger partial charge in [-0.1, -0.05) is 13.8 Å². The second kappa shape index (κ2) is 11.1. The first-order valence-electron chi connectivity index (χ1n) is 10.1. The second-order valence-electron chi connectivity index (χ2n) is 7.64. The SMILES string of the molecule is CN=C(NCc1ccc(OC)cc1OC)NCC(C(C)C)N1CCN(C)CC1. The lowest BCUT2D eigenvalue weighted by Crippen LogP contribution is -2.55. The summed E-state index contributed by atoms with van der Waals surface area (Å²) < 4.78 is 10.7. The van der Waals surface area contributed by atoms with Crippen LogP contribution in [0.25, 0.3) is 0 Å². The molecule has 1 heterocycles. The van der Waals surface area contributed by atoms with Gasteiger partial charge in [0.15, 0.2) is 5.96 Å². The lowest BCUT2D eigenvalue weighted by Gasteiger charge is -2.40. The minimum atomic E-state index is 0.489. The van der Waals surface area contributed by atoms with Crippen LogP contribution >= 0.6 is 0 Å². The molecule has 1 aliphatic rings. The third-order valence-corrected chi connectivity index (χ3v) is 5.42. The number of guanidine groups is 1. The molecule has 1 unspecified atom stereocenters. The van der Waals surface area contributed by atoms with Gasteiger partial charge in [-0.15, -0.1) is 0 Å². The Hall–Kier alpha value is -1.99. The molecular formula is C21H37N5O2. The maximum atomic E-state index is 5.48. The van der Waals surface area contributed by atoms with Crippen LogP contribution in [0.5, 0.6) is 11.5 Å². The molecule has 0 spiro atoms. The third kappa shape index (κ3) is 6.27. The average molecular weight is 392 g/mol. The minimum Gasteiger partial charge on any atom is -0.497 e. The van der Waals surface area contributed by atoms with Crippen LogP contribution in [-0.4, -0.2) is 82.8 Å². The number of nitrogens with zero attached hydrogens (tertiary/aromatic N) is 3. The van der Waals surface area contributed by atoms with Crippen molar-refractivity contribution in [2.75, 3.05) is 61.0 Å². The number of aliphatic imine (C=N–C) groups is 1. The summed E-state index contributed by atoms with van der Waals surface area (Å²) >= 11 is 0. The van der Waals surface area contributed by atoms with Gasteiger partial charge in [-0.25, -0.2) is 0 Å². The molecule has 7 nitrogen and oxygen atoms in total. The van der Waals surface area contributed by atoms with Gasteiger partial charge in [0.2, 0.25) is 0 Å². The Balaban J connectivity index is 1.91. The first-order chi connectivity index (χ1) is 13.5. The zero-order valence-electron chi connectivity index (χ0n) is 18.3. The quantitative estimate of drug-likeness (QED) is 0.519. The first kappa shape index (κ1) is 22.3. The van der Waals surface area contributed by atoms with E-state index in [-0.39, 0.29) is 0 Å². The molecule has 28 heavy (non-hydrogen) atoms. The van der Waals surface area contributed by atoms with Gasteiger partial charge >= 0.3 is 0 Å². The van der Waals surface area contributed by atoms with Crippen LogP contribution in [0.4, 0.5) is 0 Å². The fraction of sp³-hybridized carbons (Fsp3) is 0.667. The molecule has 2 rings (SSSR count). The van der Waals surface area contributed by atoms with Crippen LogP contribution in [0.2, 0.25) is 0 Å². The van der Waals surface area contributed by atoms with Gasteiger partial charge in [0, 0.05) is 64.0 Å². The lowest BCUT2D eigenvalue weighted by atomic mass is 10.0. The number of nitrogens with one attached hydrogen (secondary N) is 2. The smallest absolute Gasteiger partial charge is 0.191 e. The third-order valence-electron chi connectivity index (χ3n) is 5.42. The number of ether oxygens (including phenoxy) is 2. The van der Waals surface area contributed by atoms with Crippen molar-refractivity contribution in [1.82, 2.24) is 20.4 Å². The Bertz CT molecular complexity index is 627. The molecule has 1 aromatic rings. The summed E-state index contributed by atoms with van der Waals surface area (Å²) in [4.78, 5) is 9.37. The van der Waals surface area contributed by atoms with E-state index in [9.17, 15) is 0 Å². The normalized spacial score (nSPS) is 17.5. The lowest BCUT2D eigenvalue weighted by molar-refractivity contribution is 0.0900. The predicted octanol–water partition coefficient (Wildman–Crippen LogP) is 1.64. The summed E-state index contributed by atoms with van der Waals surface area (Å²) in [5.74, 6) is 2.98. The van der Waals surface area contributed by atoms with E-state index in [2.05, 4.69) is 46.3 Å². The minimum absolute atomic E-state index is 0.489. The van der Waals surface area contributed by atoms with Crippen molar-refractivity contribution in [3.05, 3.63) is 23.8 Å². The molecule has 1 aromatic carbocycles. The monoisotopic (exact) mass is 391 g/mol. The molecular weight excluding hydrogens is 354 g/mol.